The lowest BCUT2D eigenvalue weighted by molar-refractivity contribution is -0.149. The highest BCUT2D eigenvalue weighted by Gasteiger charge is 2.58. The van der Waals surface area contributed by atoms with E-state index in [1.165, 1.54) is 89.9 Å². The molecule has 0 bridgehead atoms. The lowest BCUT2D eigenvalue weighted by Crippen LogP contribution is -2.69. The zero-order valence-electron chi connectivity index (χ0n) is 41.3. The van der Waals surface area contributed by atoms with E-state index in [1.54, 1.807) is 154 Å². The van der Waals surface area contributed by atoms with Gasteiger partial charge in [-0.25, -0.2) is 0 Å². The van der Waals surface area contributed by atoms with Gasteiger partial charge in [0.25, 0.3) is 0 Å². The molecule has 2 heteroatoms. The van der Waals surface area contributed by atoms with Crippen LogP contribution >= 0.6 is 0 Å². The van der Waals surface area contributed by atoms with Crippen molar-refractivity contribution in [2.24, 2.45) is 82.9 Å². The maximum Gasteiger partial charge on any atom is 0.0164 e. The van der Waals surface area contributed by atoms with Crippen LogP contribution in [0, 0.1) is 82.9 Å². The third-order valence-corrected chi connectivity index (χ3v) is 23.7. The first-order valence-electron chi connectivity index (χ1n) is 30.1. The summed E-state index contributed by atoms with van der Waals surface area (Å²) >= 11 is 0. The Labute approximate surface area is 385 Å². The first kappa shape index (κ1) is 44.4. The summed E-state index contributed by atoms with van der Waals surface area (Å²) in [6, 6.07) is 5.50. The van der Waals surface area contributed by atoms with E-state index >= 15 is 0 Å². The van der Waals surface area contributed by atoms with Gasteiger partial charge in [0, 0.05) is 36.3 Å². The second kappa shape index (κ2) is 20.3. The normalized spacial score (nSPS) is 48.8. The lowest BCUT2D eigenvalue weighted by atomic mass is 9.53. The van der Waals surface area contributed by atoms with Gasteiger partial charge in [0.05, 0.1) is 0 Å². The molecule has 11 aliphatic carbocycles. The van der Waals surface area contributed by atoms with Crippen molar-refractivity contribution in [2.45, 2.75) is 294 Å². The molecule has 0 aromatic rings. The van der Waals surface area contributed by atoms with Crippen molar-refractivity contribution >= 4 is 0 Å². The van der Waals surface area contributed by atoms with Crippen LogP contribution in [0.3, 0.4) is 0 Å². The van der Waals surface area contributed by atoms with Crippen LogP contribution in [0.2, 0.25) is 0 Å². The molecule has 0 amide bonds. The van der Waals surface area contributed by atoms with Crippen LogP contribution < -0.4 is 0 Å². The Kier molecular flexibility index (Phi) is 14.5. The molecule has 0 heterocycles. The average Bonchev–Trinajstić information content (AvgIpc) is 3.29. The van der Waals surface area contributed by atoms with Gasteiger partial charge in [-0.1, -0.05) is 104 Å². The molecule has 0 aromatic heterocycles. The van der Waals surface area contributed by atoms with Gasteiger partial charge in [-0.3, -0.25) is 9.80 Å². The molecule has 4 atom stereocenters. The molecule has 352 valence electrons. The molecule has 0 aliphatic heterocycles. The summed E-state index contributed by atoms with van der Waals surface area (Å²) < 4.78 is 0. The topological polar surface area (TPSA) is 6.48 Å². The van der Waals surface area contributed by atoms with Crippen molar-refractivity contribution in [3.63, 3.8) is 0 Å². The third-order valence-electron chi connectivity index (χ3n) is 23.7. The van der Waals surface area contributed by atoms with Crippen LogP contribution in [0.4, 0.5) is 0 Å². The molecular weight excluding hydrogens is 749 g/mol. The molecular formula is C60H102N2. The molecule has 11 fully saturated rings. The fourth-order valence-electron chi connectivity index (χ4n) is 20.1. The fourth-order valence-corrected chi connectivity index (χ4v) is 20.1. The molecule has 0 radical (unpaired) electrons. The van der Waals surface area contributed by atoms with Gasteiger partial charge in [0.1, 0.15) is 0 Å². The molecule has 11 rings (SSSR count). The summed E-state index contributed by atoms with van der Waals surface area (Å²) in [5, 5.41) is 0. The van der Waals surface area contributed by atoms with Crippen molar-refractivity contribution in [3.8, 4) is 0 Å². The molecule has 4 unspecified atom stereocenters. The molecule has 0 spiro atoms. The minimum absolute atomic E-state index is 0.911. The van der Waals surface area contributed by atoms with Crippen molar-refractivity contribution < 1.29 is 0 Å². The van der Waals surface area contributed by atoms with Gasteiger partial charge in [0.15, 0.2) is 0 Å². The van der Waals surface area contributed by atoms with Crippen molar-refractivity contribution in [1.29, 1.82) is 0 Å². The Morgan fingerprint density at radius 1 is 0.226 bits per heavy atom. The van der Waals surface area contributed by atoms with E-state index in [0.717, 1.165) is 119 Å². The highest BCUT2D eigenvalue weighted by molar-refractivity contribution is 5.11. The summed E-state index contributed by atoms with van der Waals surface area (Å²) in [5.74, 6) is 14.8. The Hall–Kier alpha value is -0.0800. The summed E-state index contributed by atoms with van der Waals surface area (Å²) in [6.07, 6.45) is 59.3. The highest BCUT2D eigenvalue weighted by atomic mass is 15.3. The van der Waals surface area contributed by atoms with Crippen LogP contribution in [0.15, 0.2) is 0 Å². The second-order valence-electron chi connectivity index (χ2n) is 26.8. The Balaban J connectivity index is 0.803. The molecule has 62 heavy (non-hydrogen) atoms. The quantitative estimate of drug-likeness (QED) is 0.216. The van der Waals surface area contributed by atoms with Gasteiger partial charge in [-0.2, -0.15) is 0 Å². The molecule has 2 nitrogen and oxygen atoms in total. The van der Waals surface area contributed by atoms with E-state index in [4.69, 9.17) is 0 Å². The number of rotatable bonds is 10. The Bertz CT molecular complexity index is 1220. The maximum atomic E-state index is 3.53. The Morgan fingerprint density at radius 3 is 0.758 bits per heavy atom. The second-order valence-corrected chi connectivity index (χ2v) is 26.8. The summed E-state index contributed by atoms with van der Waals surface area (Å²) in [4.78, 5) is 7.06. The third kappa shape index (κ3) is 9.26. The molecule has 11 saturated carbocycles. The minimum atomic E-state index is 0.911. The summed E-state index contributed by atoms with van der Waals surface area (Å²) in [6.45, 7) is 5.03. The summed E-state index contributed by atoms with van der Waals surface area (Å²) in [5.41, 5.74) is 0. The fraction of sp³-hybridized carbons (Fsp3) is 1.00. The number of hydrogen-bond acceptors (Lipinski definition) is 2. The van der Waals surface area contributed by atoms with Crippen molar-refractivity contribution in [3.05, 3.63) is 0 Å². The monoisotopic (exact) mass is 851 g/mol. The zero-order chi connectivity index (χ0) is 41.6. The standard InChI is InChI=1S/C60H102N2/c1-41-21-25-43(26-22-41)47-37-49(38-47)45-29-33-53(34-30-45)61(51-13-5-3-6-14-51)59-55-17-9-11-19-57(55)60(58-20-12-10-18-56(58)59)62(52-15-7-4-8-16-52)54-35-31-46(32-36-54)50-39-48(40-50)44-27-23-42(2)24-28-44/h41-60H,3-40H2,1-2H3. The molecule has 0 saturated heterocycles. The van der Waals surface area contributed by atoms with Crippen LogP contribution in [-0.2, 0) is 0 Å². The molecule has 0 N–H and O–H groups in total. The van der Waals surface area contributed by atoms with Gasteiger partial charge in [-0.05, 0) is 237 Å². The largest absolute Gasteiger partial charge is 0.294 e. The van der Waals surface area contributed by atoms with Gasteiger partial charge in [0.2, 0.25) is 0 Å². The first-order valence-corrected chi connectivity index (χ1v) is 30.1. The first-order chi connectivity index (χ1) is 30.6. The minimum Gasteiger partial charge on any atom is -0.294 e. The number of hydrogen-bond donors (Lipinski definition) is 0. The maximum absolute atomic E-state index is 3.53. The van der Waals surface area contributed by atoms with Gasteiger partial charge < -0.3 is 0 Å². The molecule has 11 aliphatic rings. The zero-order valence-corrected chi connectivity index (χ0v) is 41.3. The van der Waals surface area contributed by atoms with Crippen LogP contribution in [0.25, 0.3) is 0 Å². The van der Waals surface area contributed by atoms with Crippen molar-refractivity contribution in [2.75, 3.05) is 0 Å². The lowest BCUT2D eigenvalue weighted by Gasteiger charge is -2.64. The highest BCUT2D eigenvalue weighted by Crippen LogP contribution is 2.59. The van der Waals surface area contributed by atoms with Crippen LogP contribution in [0.1, 0.15) is 258 Å². The van der Waals surface area contributed by atoms with Crippen LogP contribution in [-0.4, -0.2) is 46.1 Å². The van der Waals surface area contributed by atoms with E-state index in [1.807, 2.05) is 0 Å². The number of fused-ring (bicyclic) bond motifs is 2. The van der Waals surface area contributed by atoms with E-state index in [2.05, 4.69) is 23.6 Å². The predicted octanol–water partition coefficient (Wildman–Crippen LogP) is 16.4. The van der Waals surface area contributed by atoms with E-state index in [0.29, 0.717) is 0 Å². The SMILES string of the molecule is CC1CCC(C2CC(C3CCC(N(C4CCCCC4)C4C5CCCCC5C(N(C5CCCCC5)C5CCC(C6CC(C7CCC(C)CC7)C6)CC5)C5CCCCC54)CC3)C2)CC1. The van der Waals surface area contributed by atoms with E-state index < -0.39 is 0 Å². The smallest absolute Gasteiger partial charge is 0.0164 e. The van der Waals surface area contributed by atoms with Gasteiger partial charge in [-0.15, -0.1) is 0 Å². The van der Waals surface area contributed by atoms with Gasteiger partial charge >= 0.3 is 0 Å². The van der Waals surface area contributed by atoms with Crippen molar-refractivity contribution in [1.82, 2.24) is 9.80 Å². The Morgan fingerprint density at radius 2 is 0.468 bits per heavy atom. The van der Waals surface area contributed by atoms with Crippen LogP contribution in [0.5, 0.6) is 0 Å². The summed E-state index contributed by atoms with van der Waals surface area (Å²) in [7, 11) is 0. The number of nitrogens with zero attached hydrogens (tertiary/aromatic N) is 2. The molecule has 0 aromatic carbocycles. The predicted molar refractivity (Wildman–Crippen MR) is 262 cm³/mol. The van der Waals surface area contributed by atoms with E-state index in [-0.39, 0.29) is 0 Å². The van der Waals surface area contributed by atoms with E-state index in [9.17, 15) is 0 Å². The average molecular weight is 851 g/mol.